The first kappa shape index (κ1) is 14.3. The normalized spacial score (nSPS) is 11.3. The Morgan fingerprint density at radius 2 is 1.95 bits per heavy atom. The summed E-state index contributed by atoms with van der Waals surface area (Å²) in [5, 5.41) is 7.73. The fourth-order valence-corrected chi connectivity index (χ4v) is 2.65. The molecule has 0 aliphatic heterocycles. The number of hydrogen-bond acceptors (Lipinski definition) is 4. The fourth-order valence-electron chi connectivity index (χ4n) is 1.84. The number of nitrogens with one attached hydrogen (secondary N) is 1. The molecule has 0 unspecified atom stereocenters. The number of sulfonamides is 1. The van der Waals surface area contributed by atoms with Gasteiger partial charge >= 0.3 is 0 Å². The van der Waals surface area contributed by atoms with Gasteiger partial charge in [0, 0.05) is 11.3 Å². The van der Waals surface area contributed by atoms with Crippen LogP contribution >= 0.6 is 0 Å². The van der Waals surface area contributed by atoms with E-state index in [4.69, 9.17) is 9.56 Å². The van der Waals surface area contributed by atoms with E-state index in [1.165, 1.54) is 18.4 Å². The van der Waals surface area contributed by atoms with Gasteiger partial charge in [-0.2, -0.15) is 0 Å². The molecular weight excluding hydrogens is 280 g/mol. The number of carbonyl (C=O) groups excluding carboxylic acids is 1. The van der Waals surface area contributed by atoms with Gasteiger partial charge in [0.15, 0.2) is 5.76 Å². The van der Waals surface area contributed by atoms with Crippen molar-refractivity contribution in [2.45, 2.75) is 18.7 Å². The summed E-state index contributed by atoms with van der Waals surface area (Å²) in [5.74, 6) is -0.257. The average Bonchev–Trinajstić information content (AvgIpc) is 2.76. The number of benzene rings is 1. The maximum Gasteiger partial charge on any atom is 0.291 e. The Hall–Kier alpha value is -2.12. The summed E-state index contributed by atoms with van der Waals surface area (Å²) >= 11 is 0. The van der Waals surface area contributed by atoms with Crippen molar-refractivity contribution in [2.24, 2.45) is 5.14 Å². The number of primary sulfonamides is 1. The van der Waals surface area contributed by atoms with Crippen LogP contribution in [0.1, 0.15) is 21.7 Å². The summed E-state index contributed by atoms with van der Waals surface area (Å²) in [5.41, 5.74) is 1.45. The molecule has 0 radical (unpaired) electrons. The van der Waals surface area contributed by atoms with Gasteiger partial charge in [-0.3, -0.25) is 4.79 Å². The van der Waals surface area contributed by atoms with Crippen LogP contribution in [0.5, 0.6) is 0 Å². The zero-order valence-electron chi connectivity index (χ0n) is 11.0. The lowest BCUT2D eigenvalue weighted by atomic mass is 10.2. The van der Waals surface area contributed by atoms with Crippen molar-refractivity contribution < 1.29 is 17.6 Å². The smallest absolute Gasteiger partial charge is 0.291 e. The molecule has 7 heteroatoms. The molecule has 1 aromatic carbocycles. The minimum Gasteiger partial charge on any atom is -0.459 e. The van der Waals surface area contributed by atoms with Gasteiger partial charge < -0.3 is 9.73 Å². The number of anilines is 1. The fraction of sp³-hybridized carbons (Fsp3) is 0.154. The molecule has 1 aromatic heterocycles. The van der Waals surface area contributed by atoms with Crippen molar-refractivity contribution in [3.63, 3.8) is 0 Å². The molecule has 2 rings (SSSR count). The van der Waals surface area contributed by atoms with Crippen LogP contribution in [0.2, 0.25) is 0 Å². The van der Waals surface area contributed by atoms with Gasteiger partial charge in [-0.05, 0) is 37.6 Å². The van der Waals surface area contributed by atoms with Crippen molar-refractivity contribution in [2.75, 3.05) is 5.32 Å². The number of carbonyl (C=O) groups is 1. The van der Waals surface area contributed by atoms with Crippen molar-refractivity contribution in [3.05, 3.63) is 47.4 Å². The number of aryl methyl sites for hydroxylation is 1. The molecule has 1 amide bonds. The molecule has 2 aromatic rings. The largest absolute Gasteiger partial charge is 0.459 e. The Labute approximate surface area is 116 Å². The highest BCUT2D eigenvalue weighted by molar-refractivity contribution is 7.89. The zero-order valence-corrected chi connectivity index (χ0v) is 11.8. The van der Waals surface area contributed by atoms with Crippen LogP contribution in [0.15, 0.2) is 39.8 Å². The van der Waals surface area contributed by atoms with E-state index in [0.717, 1.165) is 0 Å². The van der Waals surface area contributed by atoms with E-state index >= 15 is 0 Å². The SMILES string of the molecule is Cc1ccoc1C(=O)Nc1cccc(S(N)(=O)=O)c1C. The van der Waals surface area contributed by atoms with Crippen LogP contribution in [-0.2, 0) is 10.0 Å². The van der Waals surface area contributed by atoms with Gasteiger partial charge in [-0.1, -0.05) is 6.07 Å². The second-order valence-corrected chi connectivity index (χ2v) is 5.89. The van der Waals surface area contributed by atoms with Crippen LogP contribution in [-0.4, -0.2) is 14.3 Å². The van der Waals surface area contributed by atoms with E-state index < -0.39 is 15.9 Å². The topological polar surface area (TPSA) is 102 Å². The van der Waals surface area contributed by atoms with Crippen molar-refractivity contribution >= 4 is 21.6 Å². The molecule has 1 heterocycles. The van der Waals surface area contributed by atoms with Gasteiger partial charge in [0.25, 0.3) is 5.91 Å². The number of furan rings is 1. The summed E-state index contributed by atoms with van der Waals surface area (Å²) < 4.78 is 27.9. The summed E-state index contributed by atoms with van der Waals surface area (Å²) in [7, 11) is -3.83. The molecule has 0 aliphatic rings. The predicted octanol–water partition coefficient (Wildman–Crippen LogP) is 1.80. The first-order valence-corrected chi connectivity index (χ1v) is 7.33. The standard InChI is InChI=1S/C13H14N2O4S/c1-8-6-7-19-12(8)13(16)15-10-4-3-5-11(9(10)2)20(14,17)18/h3-7H,1-2H3,(H,15,16)(H2,14,17,18). The van der Waals surface area contributed by atoms with E-state index in [0.29, 0.717) is 16.8 Å². The van der Waals surface area contributed by atoms with Gasteiger partial charge in [-0.15, -0.1) is 0 Å². The second-order valence-electron chi connectivity index (χ2n) is 4.36. The molecule has 0 atom stereocenters. The quantitative estimate of drug-likeness (QED) is 0.900. The minimum absolute atomic E-state index is 0.0218. The van der Waals surface area contributed by atoms with Gasteiger partial charge in [-0.25, -0.2) is 13.6 Å². The Morgan fingerprint density at radius 3 is 2.50 bits per heavy atom. The summed E-state index contributed by atoms with van der Waals surface area (Å²) in [6.07, 6.45) is 1.41. The number of hydrogen-bond donors (Lipinski definition) is 2. The highest BCUT2D eigenvalue weighted by Gasteiger charge is 2.17. The molecule has 0 saturated carbocycles. The van der Waals surface area contributed by atoms with Gasteiger partial charge in [0.2, 0.25) is 10.0 Å². The van der Waals surface area contributed by atoms with Crippen LogP contribution in [0, 0.1) is 13.8 Å². The number of amides is 1. The molecule has 0 saturated heterocycles. The maximum atomic E-state index is 12.0. The molecule has 6 nitrogen and oxygen atoms in total. The first-order chi connectivity index (χ1) is 9.30. The lowest BCUT2D eigenvalue weighted by molar-refractivity contribution is 0.0995. The molecule has 0 bridgehead atoms. The van der Waals surface area contributed by atoms with E-state index in [1.807, 2.05) is 0 Å². The monoisotopic (exact) mass is 294 g/mol. The molecule has 20 heavy (non-hydrogen) atoms. The molecule has 106 valence electrons. The van der Waals surface area contributed by atoms with E-state index in [-0.39, 0.29) is 10.7 Å². The Kier molecular flexibility index (Phi) is 3.65. The van der Waals surface area contributed by atoms with Crippen LogP contribution < -0.4 is 10.5 Å². The lowest BCUT2D eigenvalue weighted by Gasteiger charge is -2.10. The third-order valence-corrected chi connectivity index (χ3v) is 3.96. The summed E-state index contributed by atoms with van der Waals surface area (Å²) in [4.78, 5) is 12.0. The second kappa shape index (κ2) is 5.10. The highest BCUT2D eigenvalue weighted by Crippen LogP contribution is 2.23. The minimum atomic E-state index is -3.83. The van der Waals surface area contributed by atoms with Gasteiger partial charge in [0.05, 0.1) is 11.2 Å². The van der Waals surface area contributed by atoms with E-state index in [9.17, 15) is 13.2 Å². The van der Waals surface area contributed by atoms with Crippen LogP contribution in [0.3, 0.4) is 0 Å². The van der Waals surface area contributed by atoms with Crippen LogP contribution in [0.4, 0.5) is 5.69 Å². The zero-order chi connectivity index (χ0) is 14.9. The predicted molar refractivity (Wildman–Crippen MR) is 74.0 cm³/mol. The third-order valence-electron chi connectivity index (χ3n) is 2.91. The molecule has 3 N–H and O–H groups in total. The highest BCUT2D eigenvalue weighted by atomic mass is 32.2. The Morgan fingerprint density at radius 1 is 1.25 bits per heavy atom. The van der Waals surface area contributed by atoms with Crippen molar-refractivity contribution in [1.82, 2.24) is 0 Å². The first-order valence-electron chi connectivity index (χ1n) is 5.78. The number of rotatable bonds is 3. The average molecular weight is 294 g/mol. The molecular formula is C13H14N2O4S. The van der Waals surface area contributed by atoms with Crippen molar-refractivity contribution in [1.29, 1.82) is 0 Å². The summed E-state index contributed by atoms with van der Waals surface area (Å²) in [6, 6.07) is 6.17. The molecule has 0 fully saturated rings. The van der Waals surface area contributed by atoms with E-state index in [1.54, 1.807) is 26.0 Å². The Bertz CT molecular complexity index is 762. The summed E-state index contributed by atoms with van der Waals surface area (Å²) in [6.45, 7) is 3.32. The van der Waals surface area contributed by atoms with Gasteiger partial charge in [0.1, 0.15) is 0 Å². The maximum absolute atomic E-state index is 12.0. The lowest BCUT2D eigenvalue weighted by Crippen LogP contribution is -2.17. The Balaban J connectivity index is 2.36. The number of nitrogens with two attached hydrogens (primary N) is 1. The molecule has 0 aliphatic carbocycles. The van der Waals surface area contributed by atoms with Crippen molar-refractivity contribution in [3.8, 4) is 0 Å². The van der Waals surface area contributed by atoms with E-state index in [2.05, 4.69) is 5.32 Å². The third kappa shape index (κ3) is 2.73. The molecule has 0 spiro atoms. The van der Waals surface area contributed by atoms with Crippen LogP contribution in [0.25, 0.3) is 0 Å².